The maximum absolute atomic E-state index is 12.3. The highest BCUT2D eigenvalue weighted by molar-refractivity contribution is 8.01. The van der Waals surface area contributed by atoms with E-state index in [1.807, 2.05) is 55.6 Å². The minimum atomic E-state index is -0.116. The molecule has 7 nitrogen and oxygen atoms in total. The molecule has 2 aromatic heterocycles. The Balaban J connectivity index is 1.35. The molecule has 0 aliphatic heterocycles. The van der Waals surface area contributed by atoms with Crippen LogP contribution in [0.25, 0.3) is 10.2 Å². The molecule has 0 atom stereocenters. The van der Waals surface area contributed by atoms with Crippen LogP contribution in [0.3, 0.4) is 0 Å². The largest absolute Gasteiger partial charge is 0.325 e. The van der Waals surface area contributed by atoms with Crippen molar-refractivity contribution in [3.63, 3.8) is 0 Å². The van der Waals surface area contributed by atoms with Gasteiger partial charge in [-0.05, 0) is 18.2 Å². The number of nitrogens with one attached hydrogen (secondary N) is 1. The lowest BCUT2D eigenvalue weighted by atomic mass is 10.2. The molecule has 152 valence electrons. The fourth-order valence-corrected chi connectivity index (χ4v) is 5.30. The van der Waals surface area contributed by atoms with Crippen molar-refractivity contribution in [1.82, 2.24) is 19.7 Å². The second kappa shape index (κ2) is 9.41. The van der Waals surface area contributed by atoms with Crippen LogP contribution in [-0.2, 0) is 11.8 Å². The highest BCUT2D eigenvalue weighted by Crippen LogP contribution is 2.31. The Labute approximate surface area is 185 Å². The third-order valence-corrected chi connectivity index (χ3v) is 7.27. The monoisotopic (exact) mass is 455 g/mol. The lowest BCUT2D eigenvalue weighted by molar-refractivity contribution is -0.113. The predicted molar refractivity (Wildman–Crippen MR) is 121 cm³/mol. The molecule has 0 aliphatic carbocycles. The summed E-state index contributed by atoms with van der Waals surface area (Å²) >= 11 is 4.27. The van der Waals surface area contributed by atoms with Gasteiger partial charge in [0.25, 0.3) is 0 Å². The van der Waals surface area contributed by atoms with Gasteiger partial charge in [-0.3, -0.25) is 9.59 Å². The minimum absolute atomic E-state index is 0.0771. The van der Waals surface area contributed by atoms with Gasteiger partial charge in [0, 0.05) is 18.3 Å². The van der Waals surface area contributed by atoms with E-state index in [-0.39, 0.29) is 17.4 Å². The average molecular weight is 456 g/mol. The number of aromatic nitrogens is 4. The van der Waals surface area contributed by atoms with E-state index in [2.05, 4.69) is 20.5 Å². The second-order valence-electron chi connectivity index (χ2n) is 6.30. The van der Waals surface area contributed by atoms with Crippen LogP contribution in [0, 0.1) is 0 Å². The average Bonchev–Trinajstić information content (AvgIpc) is 3.36. The number of nitrogens with zero attached hydrogens (tertiary/aromatic N) is 4. The Morgan fingerprint density at radius 1 is 1.10 bits per heavy atom. The van der Waals surface area contributed by atoms with Gasteiger partial charge >= 0.3 is 0 Å². The number of benzene rings is 2. The quantitative estimate of drug-likeness (QED) is 0.316. The number of thiazole rings is 1. The van der Waals surface area contributed by atoms with Crippen LogP contribution < -0.4 is 5.32 Å². The van der Waals surface area contributed by atoms with Crippen molar-refractivity contribution in [3.05, 3.63) is 60.4 Å². The van der Waals surface area contributed by atoms with Crippen LogP contribution in [0.1, 0.15) is 10.4 Å². The standard InChI is InChI=1S/C20H17N5O2S3/c1-25-12-21-24-19(25)28-11-18(27)22-14-7-8-15-17(9-14)30-20(23-15)29-10-16(26)13-5-3-2-4-6-13/h2-9,12H,10-11H2,1H3,(H,22,27). The molecule has 0 bridgehead atoms. The number of carbonyl (C=O) groups excluding carboxylic acids is 2. The summed E-state index contributed by atoms with van der Waals surface area (Å²) in [6, 6.07) is 14.9. The number of thioether (sulfide) groups is 2. The molecule has 0 saturated heterocycles. The third kappa shape index (κ3) is 5.07. The molecule has 30 heavy (non-hydrogen) atoms. The van der Waals surface area contributed by atoms with Gasteiger partial charge < -0.3 is 9.88 Å². The molecule has 10 heteroatoms. The van der Waals surface area contributed by atoms with Crippen molar-refractivity contribution in [2.45, 2.75) is 9.50 Å². The molecule has 0 saturated carbocycles. The smallest absolute Gasteiger partial charge is 0.234 e. The highest BCUT2D eigenvalue weighted by atomic mass is 32.2. The zero-order valence-electron chi connectivity index (χ0n) is 15.9. The Kier molecular flexibility index (Phi) is 6.46. The summed E-state index contributed by atoms with van der Waals surface area (Å²) in [5.74, 6) is 0.547. The maximum Gasteiger partial charge on any atom is 0.234 e. The Bertz CT molecular complexity index is 1190. The van der Waals surface area contributed by atoms with E-state index in [0.29, 0.717) is 22.2 Å². The number of rotatable bonds is 8. The zero-order valence-corrected chi connectivity index (χ0v) is 18.4. The summed E-state index contributed by atoms with van der Waals surface area (Å²) in [5.41, 5.74) is 2.27. The molecule has 0 radical (unpaired) electrons. The van der Waals surface area contributed by atoms with Crippen LogP contribution in [-0.4, -0.2) is 42.9 Å². The zero-order chi connectivity index (χ0) is 20.9. The molecular weight excluding hydrogens is 438 g/mol. The first-order chi connectivity index (χ1) is 14.6. The van der Waals surface area contributed by atoms with Crippen molar-refractivity contribution < 1.29 is 9.59 Å². The lowest BCUT2D eigenvalue weighted by Gasteiger charge is -2.04. The number of ketones is 1. The summed E-state index contributed by atoms with van der Waals surface area (Å²) in [6.07, 6.45) is 1.60. The minimum Gasteiger partial charge on any atom is -0.325 e. The summed E-state index contributed by atoms with van der Waals surface area (Å²) in [5, 5.41) is 11.3. The summed E-state index contributed by atoms with van der Waals surface area (Å²) in [4.78, 5) is 29.1. The van der Waals surface area contributed by atoms with E-state index in [0.717, 1.165) is 14.6 Å². The van der Waals surface area contributed by atoms with Crippen LogP contribution in [0.2, 0.25) is 0 Å². The van der Waals surface area contributed by atoms with Crippen molar-refractivity contribution in [2.75, 3.05) is 16.8 Å². The number of hydrogen-bond donors (Lipinski definition) is 1. The Morgan fingerprint density at radius 2 is 1.93 bits per heavy atom. The summed E-state index contributed by atoms with van der Waals surface area (Å²) in [7, 11) is 1.83. The molecule has 4 aromatic rings. The lowest BCUT2D eigenvalue weighted by Crippen LogP contribution is -2.14. The van der Waals surface area contributed by atoms with Gasteiger partial charge in [0.15, 0.2) is 15.3 Å². The number of carbonyl (C=O) groups is 2. The van der Waals surface area contributed by atoms with E-state index < -0.39 is 0 Å². The van der Waals surface area contributed by atoms with Crippen LogP contribution in [0.5, 0.6) is 0 Å². The van der Waals surface area contributed by atoms with E-state index in [1.54, 1.807) is 10.9 Å². The van der Waals surface area contributed by atoms with E-state index in [1.165, 1.54) is 34.9 Å². The summed E-state index contributed by atoms with van der Waals surface area (Å²) in [6.45, 7) is 0. The van der Waals surface area contributed by atoms with Crippen molar-refractivity contribution >= 4 is 62.5 Å². The number of amides is 1. The van der Waals surface area contributed by atoms with Crippen molar-refractivity contribution in [3.8, 4) is 0 Å². The van der Waals surface area contributed by atoms with Gasteiger partial charge in [-0.2, -0.15) is 0 Å². The van der Waals surface area contributed by atoms with Gasteiger partial charge in [-0.15, -0.1) is 21.5 Å². The topological polar surface area (TPSA) is 89.8 Å². The van der Waals surface area contributed by atoms with Crippen LogP contribution in [0.15, 0.2) is 64.4 Å². The molecule has 0 spiro atoms. The van der Waals surface area contributed by atoms with Gasteiger partial charge in [-0.25, -0.2) is 4.98 Å². The van der Waals surface area contributed by atoms with Crippen molar-refractivity contribution in [1.29, 1.82) is 0 Å². The first-order valence-electron chi connectivity index (χ1n) is 8.97. The molecule has 0 fully saturated rings. The second-order valence-corrected chi connectivity index (χ2v) is 9.50. The Morgan fingerprint density at radius 3 is 2.70 bits per heavy atom. The number of fused-ring (bicyclic) bond motifs is 1. The number of anilines is 1. The molecule has 1 N–H and O–H groups in total. The van der Waals surface area contributed by atoms with Gasteiger partial charge in [0.05, 0.1) is 21.7 Å². The number of Topliss-reactive ketones (excluding diaryl/α,β-unsaturated/α-hetero) is 1. The molecule has 1 amide bonds. The highest BCUT2D eigenvalue weighted by Gasteiger charge is 2.11. The molecule has 0 aliphatic rings. The molecule has 2 aromatic carbocycles. The normalized spacial score (nSPS) is 11.0. The Hall–Kier alpha value is -2.69. The van der Waals surface area contributed by atoms with Crippen LogP contribution in [0.4, 0.5) is 5.69 Å². The van der Waals surface area contributed by atoms with Gasteiger partial charge in [-0.1, -0.05) is 53.9 Å². The molecule has 2 heterocycles. The molecule has 0 unspecified atom stereocenters. The van der Waals surface area contributed by atoms with E-state index in [9.17, 15) is 9.59 Å². The van der Waals surface area contributed by atoms with Crippen LogP contribution >= 0.6 is 34.9 Å². The predicted octanol–water partition coefficient (Wildman–Crippen LogP) is 4.13. The van der Waals surface area contributed by atoms with Gasteiger partial charge in [0.2, 0.25) is 5.91 Å². The fourth-order valence-electron chi connectivity index (χ4n) is 2.61. The van der Waals surface area contributed by atoms with E-state index >= 15 is 0 Å². The SMILES string of the molecule is Cn1cnnc1SCC(=O)Nc1ccc2nc(SCC(=O)c3ccccc3)sc2c1. The summed E-state index contributed by atoms with van der Waals surface area (Å²) < 4.78 is 3.56. The molecular formula is C20H17N5O2S3. The number of aryl methyl sites for hydroxylation is 1. The first-order valence-corrected chi connectivity index (χ1v) is 11.8. The molecule has 4 rings (SSSR count). The maximum atomic E-state index is 12.3. The fraction of sp³-hybridized carbons (Fsp3) is 0.150. The third-order valence-electron chi connectivity index (χ3n) is 4.08. The first kappa shape index (κ1) is 20.6. The van der Waals surface area contributed by atoms with Crippen molar-refractivity contribution in [2.24, 2.45) is 7.05 Å². The number of hydrogen-bond acceptors (Lipinski definition) is 8. The van der Waals surface area contributed by atoms with E-state index in [4.69, 9.17) is 0 Å². The van der Waals surface area contributed by atoms with Gasteiger partial charge in [0.1, 0.15) is 6.33 Å².